The molecule has 0 radical (unpaired) electrons. The van der Waals surface area contributed by atoms with Crippen LogP contribution >= 0.6 is 11.3 Å². The summed E-state index contributed by atoms with van der Waals surface area (Å²) in [5.41, 5.74) is 1.38. The Kier molecular flexibility index (Phi) is 6.19. The minimum atomic E-state index is -0.175. The minimum Gasteiger partial charge on any atom is -0.325 e. The Hall–Kier alpha value is -2.02. The smallest absolute Gasteiger partial charge is 0.241 e. The number of thiophene rings is 1. The van der Waals surface area contributed by atoms with Crippen molar-refractivity contribution >= 4 is 28.7 Å². The van der Waals surface area contributed by atoms with Crippen LogP contribution in [0.15, 0.2) is 41.8 Å². The number of hydrogen-bond acceptors (Lipinski definition) is 5. The lowest BCUT2D eigenvalue weighted by Gasteiger charge is -2.37. The predicted molar refractivity (Wildman–Crippen MR) is 106 cm³/mol. The summed E-state index contributed by atoms with van der Waals surface area (Å²) in [5, 5.41) is 5.06. The van der Waals surface area contributed by atoms with Crippen LogP contribution in [-0.4, -0.2) is 53.7 Å². The maximum Gasteiger partial charge on any atom is 0.241 e. The highest BCUT2D eigenvalue weighted by Gasteiger charge is 2.25. The first-order valence-corrected chi connectivity index (χ1v) is 9.81. The van der Waals surface area contributed by atoms with Gasteiger partial charge in [-0.05, 0) is 49.6 Å². The molecule has 2 heterocycles. The van der Waals surface area contributed by atoms with Crippen LogP contribution in [0.2, 0.25) is 0 Å². The fraction of sp³-hybridized carbons (Fsp3) is 0.400. The van der Waals surface area contributed by atoms with Gasteiger partial charge in [0.2, 0.25) is 5.91 Å². The number of Topliss-reactive ketones (excluding diaryl/α,β-unsaturated/α-hetero) is 1. The van der Waals surface area contributed by atoms with Crippen molar-refractivity contribution in [1.82, 2.24) is 9.80 Å². The number of hydrogen-bond donors (Lipinski definition) is 1. The molecule has 1 aliphatic heterocycles. The average molecular weight is 372 g/mol. The van der Waals surface area contributed by atoms with E-state index in [1.807, 2.05) is 6.92 Å². The molecule has 0 aliphatic carbocycles. The second kappa shape index (κ2) is 8.58. The molecule has 1 fully saturated rings. The molecular formula is C20H25N3O2S. The third-order valence-electron chi connectivity index (χ3n) is 4.85. The van der Waals surface area contributed by atoms with Gasteiger partial charge in [0, 0.05) is 48.9 Å². The van der Waals surface area contributed by atoms with Gasteiger partial charge in [-0.2, -0.15) is 0 Å². The van der Waals surface area contributed by atoms with Gasteiger partial charge in [-0.25, -0.2) is 0 Å². The molecular weight excluding hydrogens is 346 g/mol. The number of carbonyl (C=O) groups is 2. The fourth-order valence-electron chi connectivity index (χ4n) is 3.13. The number of benzene rings is 1. The summed E-state index contributed by atoms with van der Waals surface area (Å²) in [6.45, 7) is 8.22. The molecule has 1 unspecified atom stereocenters. The lowest BCUT2D eigenvalue weighted by Crippen LogP contribution is -2.52. The third-order valence-corrected chi connectivity index (χ3v) is 5.71. The molecule has 1 atom stereocenters. The predicted octanol–water partition coefficient (Wildman–Crippen LogP) is 3.10. The van der Waals surface area contributed by atoms with E-state index in [1.165, 1.54) is 11.8 Å². The zero-order chi connectivity index (χ0) is 18.5. The molecule has 1 aromatic carbocycles. The first kappa shape index (κ1) is 18.8. The Balaban J connectivity index is 1.48. The quantitative estimate of drug-likeness (QED) is 0.793. The van der Waals surface area contributed by atoms with Crippen molar-refractivity contribution in [2.45, 2.75) is 26.4 Å². The van der Waals surface area contributed by atoms with E-state index in [2.05, 4.69) is 32.6 Å². The zero-order valence-corrected chi connectivity index (χ0v) is 16.1. The second-order valence-electron chi connectivity index (χ2n) is 6.69. The fourth-order valence-corrected chi connectivity index (χ4v) is 3.88. The largest absolute Gasteiger partial charge is 0.325 e. The molecule has 0 bridgehead atoms. The van der Waals surface area contributed by atoms with Crippen LogP contribution in [0.4, 0.5) is 5.69 Å². The maximum absolute atomic E-state index is 12.5. The Morgan fingerprint density at radius 1 is 1.12 bits per heavy atom. The van der Waals surface area contributed by atoms with E-state index in [9.17, 15) is 9.59 Å². The van der Waals surface area contributed by atoms with Gasteiger partial charge in [-0.1, -0.05) is 6.07 Å². The van der Waals surface area contributed by atoms with Crippen LogP contribution in [0, 0.1) is 0 Å². The first-order valence-electron chi connectivity index (χ1n) is 8.93. The molecule has 26 heavy (non-hydrogen) atoms. The molecule has 3 rings (SSSR count). The van der Waals surface area contributed by atoms with E-state index in [1.54, 1.807) is 35.6 Å². The number of rotatable bonds is 6. The highest BCUT2D eigenvalue weighted by Crippen LogP contribution is 2.16. The molecule has 1 saturated heterocycles. The van der Waals surface area contributed by atoms with Crippen LogP contribution in [-0.2, 0) is 11.3 Å². The van der Waals surface area contributed by atoms with Gasteiger partial charge in [0.1, 0.15) is 0 Å². The topological polar surface area (TPSA) is 52.7 Å². The van der Waals surface area contributed by atoms with Crippen molar-refractivity contribution < 1.29 is 9.59 Å². The van der Waals surface area contributed by atoms with E-state index in [4.69, 9.17) is 0 Å². The van der Waals surface area contributed by atoms with Gasteiger partial charge < -0.3 is 5.32 Å². The van der Waals surface area contributed by atoms with E-state index in [0.717, 1.165) is 38.4 Å². The van der Waals surface area contributed by atoms with Crippen LogP contribution in [0.1, 0.15) is 29.1 Å². The highest BCUT2D eigenvalue weighted by atomic mass is 32.1. The van der Waals surface area contributed by atoms with Crippen LogP contribution < -0.4 is 5.32 Å². The van der Waals surface area contributed by atoms with Crippen LogP contribution in [0.25, 0.3) is 0 Å². The Morgan fingerprint density at radius 2 is 1.81 bits per heavy atom. The SMILES string of the molecule is CC(=O)c1ccc(NC(=O)C(C)N2CCN(Cc3cccs3)CC2)cc1. The number of piperazine rings is 1. The molecule has 2 aromatic rings. The summed E-state index contributed by atoms with van der Waals surface area (Å²) in [5.74, 6) is 0.0175. The summed E-state index contributed by atoms with van der Waals surface area (Å²) in [6, 6.07) is 11.1. The lowest BCUT2D eigenvalue weighted by atomic mass is 10.1. The van der Waals surface area contributed by atoms with Crippen molar-refractivity contribution in [2.24, 2.45) is 0 Å². The Bertz CT molecular complexity index is 735. The van der Waals surface area contributed by atoms with E-state index in [-0.39, 0.29) is 17.7 Å². The minimum absolute atomic E-state index is 0.00715. The van der Waals surface area contributed by atoms with E-state index >= 15 is 0 Å². The van der Waals surface area contributed by atoms with Crippen molar-refractivity contribution in [2.75, 3.05) is 31.5 Å². The normalized spacial score (nSPS) is 17.0. The number of ketones is 1. The highest BCUT2D eigenvalue weighted by molar-refractivity contribution is 7.09. The number of anilines is 1. The van der Waals surface area contributed by atoms with Crippen molar-refractivity contribution in [3.63, 3.8) is 0 Å². The zero-order valence-electron chi connectivity index (χ0n) is 15.3. The standard InChI is InChI=1S/C20H25N3O2S/c1-15(20(25)21-18-7-5-17(6-8-18)16(2)24)23-11-9-22(10-12-23)14-19-4-3-13-26-19/h3-8,13,15H,9-12,14H2,1-2H3,(H,21,25). The van der Waals surface area contributed by atoms with Crippen LogP contribution in [0.3, 0.4) is 0 Å². The van der Waals surface area contributed by atoms with E-state index in [0.29, 0.717) is 5.56 Å². The summed E-state index contributed by atoms with van der Waals surface area (Å²) in [4.78, 5) is 29.9. The lowest BCUT2D eigenvalue weighted by molar-refractivity contribution is -0.121. The van der Waals surface area contributed by atoms with E-state index < -0.39 is 0 Å². The average Bonchev–Trinajstić information content (AvgIpc) is 3.15. The van der Waals surface area contributed by atoms with Crippen LogP contribution in [0.5, 0.6) is 0 Å². The summed E-state index contributed by atoms with van der Waals surface area (Å²) < 4.78 is 0. The van der Waals surface area contributed by atoms with Gasteiger partial charge in [-0.15, -0.1) is 11.3 Å². The van der Waals surface area contributed by atoms with Gasteiger partial charge >= 0.3 is 0 Å². The molecule has 0 spiro atoms. The molecule has 5 nitrogen and oxygen atoms in total. The monoisotopic (exact) mass is 371 g/mol. The summed E-state index contributed by atoms with van der Waals surface area (Å²) in [7, 11) is 0. The number of carbonyl (C=O) groups excluding carboxylic acids is 2. The van der Waals surface area contributed by atoms with Gasteiger partial charge in [0.15, 0.2) is 5.78 Å². The van der Waals surface area contributed by atoms with Gasteiger partial charge in [0.25, 0.3) is 0 Å². The van der Waals surface area contributed by atoms with Crippen molar-refractivity contribution in [3.05, 3.63) is 52.2 Å². The Morgan fingerprint density at radius 3 is 2.38 bits per heavy atom. The second-order valence-corrected chi connectivity index (χ2v) is 7.72. The Labute approximate surface area is 158 Å². The van der Waals surface area contributed by atoms with Gasteiger partial charge in [0.05, 0.1) is 6.04 Å². The molecule has 6 heteroatoms. The molecule has 1 amide bonds. The molecule has 1 N–H and O–H groups in total. The summed E-state index contributed by atoms with van der Waals surface area (Å²) in [6.07, 6.45) is 0. The molecule has 1 aliphatic rings. The number of nitrogens with one attached hydrogen (secondary N) is 1. The van der Waals surface area contributed by atoms with Crippen molar-refractivity contribution in [3.8, 4) is 0 Å². The first-order chi connectivity index (χ1) is 12.5. The maximum atomic E-state index is 12.5. The number of nitrogens with zero attached hydrogens (tertiary/aromatic N) is 2. The molecule has 1 aromatic heterocycles. The van der Waals surface area contributed by atoms with Crippen molar-refractivity contribution in [1.29, 1.82) is 0 Å². The molecule has 0 saturated carbocycles. The third kappa shape index (κ3) is 4.78. The van der Waals surface area contributed by atoms with Gasteiger partial charge in [-0.3, -0.25) is 19.4 Å². The molecule has 138 valence electrons. The number of amides is 1. The summed E-state index contributed by atoms with van der Waals surface area (Å²) >= 11 is 1.79.